The Morgan fingerprint density at radius 3 is 0.868 bits per heavy atom. The fourth-order valence-electron chi connectivity index (χ4n) is 4.48. The maximum absolute atomic E-state index is 14.6. The molecule has 0 spiro atoms. The quantitative estimate of drug-likeness (QED) is 0.120. The van der Waals surface area contributed by atoms with Gasteiger partial charge in [-0.2, -0.15) is 0 Å². The second kappa shape index (κ2) is 12.6. The zero-order valence-electron chi connectivity index (χ0n) is 21.6. The van der Waals surface area contributed by atoms with Crippen LogP contribution in [0, 0.1) is 0 Å². The number of rotatable bonds is 17. The van der Waals surface area contributed by atoms with E-state index in [1.54, 1.807) is 0 Å². The molecular weight excluding hydrogens is 603 g/mol. The van der Waals surface area contributed by atoms with Crippen LogP contribution in [0.1, 0.15) is 79.1 Å². The number of halogens is 10. The molecule has 0 saturated heterocycles. The summed E-state index contributed by atoms with van der Waals surface area (Å²) in [5.41, 5.74) is 0. The summed E-state index contributed by atoms with van der Waals surface area (Å²) in [6.07, 6.45) is -17.3. The van der Waals surface area contributed by atoms with Crippen molar-refractivity contribution >= 4 is 26.8 Å². The summed E-state index contributed by atoms with van der Waals surface area (Å²) >= 11 is 0. The topological polar surface area (TPSA) is 71.5 Å². The van der Waals surface area contributed by atoms with E-state index in [2.05, 4.69) is 0 Å². The van der Waals surface area contributed by atoms with E-state index in [4.69, 9.17) is 0 Å². The molecule has 0 N–H and O–H groups in total. The number of nitrogens with zero attached hydrogens (tertiary/aromatic N) is 1. The zero-order chi connectivity index (χ0) is 30.5. The molecule has 0 fully saturated rings. The van der Waals surface area contributed by atoms with Gasteiger partial charge in [0.15, 0.2) is 0 Å². The van der Waals surface area contributed by atoms with Gasteiger partial charge in [0.25, 0.3) is 0 Å². The Labute approximate surface area is 217 Å². The first-order valence-corrected chi connectivity index (χ1v) is 17.9. The Balaban J connectivity index is 8.45. The van der Waals surface area contributed by atoms with Crippen molar-refractivity contribution in [2.45, 2.75) is 102 Å². The molecule has 0 amide bonds. The molecule has 0 heterocycles. The molecule has 0 atom stereocenters. The number of unbranched alkanes of at least 4 members (excludes halogenated alkanes) is 4. The molecule has 0 rings (SSSR count). The zero-order valence-corrected chi connectivity index (χ0v) is 24.1. The fraction of sp³-hybridized carbons (Fsp3) is 1.00. The van der Waals surface area contributed by atoms with Crippen molar-refractivity contribution in [3.8, 4) is 0 Å². The van der Waals surface area contributed by atoms with E-state index in [-0.39, 0.29) is 51.4 Å². The van der Waals surface area contributed by atoms with Crippen molar-refractivity contribution in [3.05, 3.63) is 0 Å². The maximum atomic E-state index is 14.6. The third kappa shape index (κ3) is 6.72. The summed E-state index contributed by atoms with van der Waals surface area (Å²) in [6.45, 7) is 0.379. The fourth-order valence-corrected chi connectivity index (χ4v) is 21.0. The van der Waals surface area contributed by atoms with Crippen LogP contribution in [0.4, 0.5) is 43.9 Å². The van der Waals surface area contributed by atoms with Gasteiger partial charge in [-0.1, -0.05) is 0 Å². The molecule has 0 saturated carbocycles. The van der Waals surface area contributed by atoms with E-state index in [0.717, 1.165) is 0 Å². The van der Waals surface area contributed by atoms with Crippen LogP contribution < -0.4 is 0 Å². The van der Waals surface area contributed by atoms with Gasteiger partial charge in [0.05, 0.1) is 0 Å². The van der Waals surface area contributed by atoms with E-state index < -0.39 is 77.8 Å². The van der Waals surface area contributed by atoms with Crippen LogP contribution in [0.2, 0.25) is 0 Å². The van der Waals surface area contributed by atoms with Gasteiger partial charge in [0.2, 0.25) is 0 Å². The van der Waals surface area contributed by atoms with E-state index in [9.17, 15) is 60.7 Å². The Bertz CT molecular complexity index is 883. The van der Waals surface area contributed by atoms with Crippen molar-refractivity contribution in [1.82, 2.24) is 3.48 Å². The third-order valence-electron chi connectivity index (χ3n) is 6.53. The summed E-state index contributed by atoms with van der Waals surface area (Å²) in [4.78, 5) is 0. The predicted molar refractivity (Wildman–Crippen MR) is 128 cm³/mol. The second-order valence-corrected chi connectivity index (χ2v) is 19.9. The van der Waals surface area contributed by atoms with E-state index in [1.165, 1.54) is 27.7 Å². The van der Waals surface area contributed by atoms with Gasteiger partial charge in [0, 0.05) is 0 Å². The van der Waals surface area contributed by atoms with Gasteiger partial charge in [-0.25, -0.2) is 0 Å². The van der Waals surface area contributed by atoms with Crippen LogP contribution in [-0.2, 0) is 20.0 Å². The molecule has 0 unspecified atom stereocenters. The van der Waals surface area contributed by atoms with Gasteiger partial charge < -0.3 is 0 Å². The summed E-state index contributed by atoms with van der Waals surface area (Å²) in [6, 6.07) is 0. The van der Waals surface area contributed by atoms with E-state index in [0.29, 0.717) is 0 Å². The Morgan fingerprint density at radius 1 is 0.500 bits per heavy atom. The molecule has 0 radical (unpaired) electrons. The molecule has 18 heteroatoms. The average molecular weight is 640 g/mol. The predicted octanol–water partition coefficient (Wildman–Crippen LogP) is 7.93. The molecule has 0 aliphatic heterocycles. The first-order valence-electron chi connectivity index (χ1n) is 12.1. The molecule has 5 nitrogen and oxygen atoms in total. The van der Waals surface area contributed by atoms with Crippen LogP contribution in [0.3, 0.4) is 0 Å². The normalized spacial score (nSPS) is 16.0. The Hall–Kier alpha value is -0.410. The summed E-state index contributed by atoms with van der Waals surface area (Å²) in [7, 11) is -15.5. The van der Waals surface area contributed by atoms with Gasteiger partial charge in [-0.15, -0.1) is 0 Å². The monoisotopic (exact) mass is 639 g/mol. The van der Waals surface area contributed by atoms with Crippen LogP contribution in [0.25, 0.3) is 0 Å². The molecule has 0 aromatic carbocycles. The SMILES string of the molecule is CCCCP(CCCC)(CCCC)(CCCC)N(S(=O)(=O)C(F)(F)C(F)(F)F)S(=O)(=O)C(F)(F)C(F)(F)F. The summed E-state index contributed by atoms with van der Waals surface area (Å²) in [5, 5.41) is -14.0. The van der Waals surface area contributed by atoms with Crippen molar-refractivity contribution < 1.29 is 60.7 Å². The molecule has 0 bridgehead atoms. The number of sulfonamides is 2. The first-order chi connectivity index (χ1) is 16.9. The van der Waals surface area contributed by atoms with Gasteiger partial charge in [-0.3, -0.25) is 0 Å². The Morgan fingerprint density at radius 2 is 0.711 bits per heavy atom. The summed E-state index contributed by atoms with van der Waals surface area (Å²) < 4.78 is 190. The van der Waals surface area contributed by atoms with Gasteiger partial charge in [-0.05, 0) is 0 Å². The molecular formula is C20H36F10NO4PS2. The second-order valence-electron chi connectivity index (χ2n) is 9.43. The number of hydrogen-bond acceptors (Lipinski definition) is 4. The molecule has 0 aliphatic rings. The summed E-state index contributed by atoms with van der Waals surface area (Å²) in [5.74, 6) is 0. The number of hydrogen-bond donors (Lipinski definition) is 0. The molecule has 232 valence electrons. The van der Waals surface area contributed by atoms with Crippen LogP contribution in [0.15, 0.2) is 0 Å². The van der Waals surface area contributed by atoms with Gasteiger partial charge >= 0.3 is 218 Å². The van der Waals surface area contributed by atoms with E-state index >= 15 is 0 Å². The molecule has 0 aromatic heterocycles. The average Bonchev–Trinajstić information content (AvgIpc) is 2.77. The van der Waals surface area contributed by atoms with Crippen LogP contribution >= 0.6 is 6.75 Å². The van der Waals surface area contributed by atoms with Gasteiger partial charge in [0.1, 0.15) is 0 Å². The van der Waals surface area contributed by atoms with Crippen LogP contribution in [0.5, 0.6) is 0 Å². The Kier molecular flexibility index (Phi) is 12.5. The molecule has 0 aliphatic carbocycles. The van der Waals surface area contributed by atoms with Crippen molar-refractivity contribution in [3.63, 3.8) is 0 Å². The minimum atomic E-state index is -7.73. The third-order valence-corrected chi connectivity index (χ3v) is 21.1. The number of alkyl halides is 10. The van der Waals surface area contributed by atoms with Crippen LogP contribution in [-0.4, -0.2) is 67.8 Å². The van der Waals surface area contributed by atoms with Crippen molar-refractivity contribution in [1.29, 1.82) is 0 Å². The van der Waals surface area contributed by atoms with Crippen molar-refractivity contribution in [2.75, 3.05) is 24.6 Å². The molecule has 38 heavy (non-hydrogen) atoms. The van der Waals surface area contributed by atoms with E-state index in [1.807, 2.05) is 0 Å². The minimum absolute atomic E-state index is 0.0987. The molecule has 0 aromatic rings. The van der Waals surface area contributed by atoms with Crippen molar-refractivity contribution in [2.24, 2.45) is 0 Å². The first kappa shape index (κ1) is 37.6. The standard InChI is InChI=1S/C20H36F10NO4PS2/c1-5-9-13-36(14-10-6-2,15-11-7-3,16-12-8-4)31(37(32,33)19(27,28)17(21,22)23)38(34,35)20(29,30)18(24,25)26/h5-16H2,1-4H3.